The zero-order chi connectivity index (χ0) is 20.8. The van der Waals surface area contributed by atoms with Crippen LogP contribution in [0.4, 0.5) is 0 Å². The van der Waals surface area contributed by atoms with E-state index in [2.05, 4.69) is 0 Å². The first-order chi connectivity index (χ1) is 12.8. The van der Waals surface area contributed by atoms with Gasteiger partial charge in [-0.05, 0) is 67.5 Å². The van der Waals surface area contributed by atoms with Crippen LogP contribution in [0.5, 0.6) is 5.75 Å². The molecule has 2 heterocycles. The lowest BCUT2D eigenvalue weighted by atomic mass is 9.89. The lowest BCUT2D eigenvalue weighted by molar-refractivity contribution is 0.00578. The monoisotopic (exact) mass is 389 g/mol. The van der Waals surface area contributed by atoms with Crippen molar-refractivity contribution in [3.05, 3.63) is 30.3 Å². The van der Waals surface area contributed by atoms with Crippen LogP contribution in [0.25, 0.3) is 0 Å². The normalized spacial score (nSPS) is 24.8. The largest absolute Gasteiger partial charge is 0.551 e. The standard InChI is InChI=1S/C20H33B2NO5/c1-17(2)18(3,4)26-21(25-17)23(14-15-24-16-12-10-9-11-13-16)22-27-19(5,6)20(7,8)28-22/h9-13H,14-15H2,1-8H3. The first-order valence-corrected chi connectivity index (χ1v) is 10.00. The van der Waals surface area contributed by atoms with Crippen LogP contribution in [0.1, 0.15) is 55.4 Å². The van der Waals surface area contributed by atoms with Crippen molar-refractivity contribution >= 4 is 14.5 Å². The summed E-state index contributed by atoms with van der Waals surface area (Å²) < 4.78 is 32.9. The van der Waals surface area contributed by atoms with Gasteiger partial charge in [0, 0.05) is 6.54 Å². The quantitative estimate of drug-likeness (QED) is 0.694. The molecule has 2 aliphatic heterocycles. The molecule has 0 radical (unpaired) electrons. The molecule has 0 aliphatic carbocycles. The summed E-state index contributed by atoms with van der Waals surface area (Å²) in [5.74, 6) is 0.824. The van der Waals surface area contributed by atoms with Gasteiger partial charge in [-0.1, -0.05) is 18.2 Å². The van der Waals surface area contributed by atoms with Crippen LogP contribution in [0.15, 0.2) is 30.3 Å². The highest BCUT2D eigenvalue weighted by Gasteiger charge is 2.61. The van der Waals surface area contributed by atoms with Crippen LogP contribution < -0.4 is 4.74 Å². The SMILES string of the molecule is CC1(C)OB(N(CCOc2ccccc2)B2OC(C)(C)C(C)(C)O2)OC1(C)C. The third-order valence-electron chi connectivity index (χ3n) is 6.38. The zero-order valence-electron chi connectivity index (χ0n) is 18.4. The average molecular weight is 389 g/mol. The predicted molar refractivity (Wildman–Crippen MR) is 111 cm³/mol. The number of ether oxygens (including phenoxy) is 1. The fourth-order valence-electron chi connectivity index (χ4n) is 2.99. The molecule has 2 saturated heterocycles. The molecule has 0 unspecified atom stereocenters. The molecule has 2 aliphatic rings. The number of hydrogen-bond donors (Lipinski definition) is 0. The molecule has 2 fully saturated rings. The molecular formula is C20H33B2NO5. The Hall–Kier alpha value is -1.05. The van der Waals surface area contributed by atoms with E-state index in [1.165, 1.54) is 0 Å². The van der Waals surface area contributed by atoms with Gasteiger partial charge in [0.2, 0.25) is 0 Å². The molecule has 3 rings (SSSR count). The highest BCUT2D eigenvalue weighted by atomic mass is 16.7. The number of nitrogens with zero attached hydrogens (tertiary/aromatic N) is 1. The van der Waals surface area contributed by atoms with Crippen LogP contribution >= 0.6 is 0 Å². The molecule has 154 valence electrons. The smallest absolute Gasteiger partial charge is 0.492 e. The molecular weight excluding hydrogens is 356 g/mol. The Bertz CT molecular complexity index is 612. The number of benzene rings is 1. The molecule has 1 aromatic carbocycles. The maximum atomic E-state index is 6.27. The average Bonchev–Trinajstić information content (AvgIpc) is 2.91. The van der Waals surface area contributed by atoms with Crippen molar-refractivity contribution in [3.8, 4) is 5.75 Å². The van der Waals surface area contributed by atoms with E-state index in [9.17, 15) is 0 Å². The molecule has 0 aromatic heterocycles. The van der Waals surface area contributed by atoms with E-state index in [0.29, 0.717) is 13.2 Å². The maximum absolute atomic E-state index is 6.27. The molecule has 6 nitrogen and oxygen atoms in total. The Morgan fingerprint density at radius 2 is 1.11 bits per heavy atom. The van der Waals surface area contributed by atoms with Crippen LogP contribution in [0, 0.1) is 0 Å². The Labute approximate surface area is 170 Å². The highest BCUT2D eigenvalue weighted by molar-refractivity contribution is 6.60. The molecule has 8 heteroatoms. The molecule has 1 aromatic rings. The number of para-hydroxylation sites is 1. The molecule has 0 N–H and O–H groups in total. The minimum atomic E-state index is -0.584. The molecule has 0 atom stereocenters. The topological polar surface area (TPSA) is 49.4 Å². The summed E-state index contributed by atoms with van der Waals surface area (Å²) in [6, 6.07) is 9.75. The van der Waals surface area contributed by atoms with E-state index in [-0.39, 0.29) is 0 Å². The van der Waals surface area contributed by atoms with Crippen molar-refractivity contribution in [1.82, 2.24) is 4.72 Å². The van der Waals surface area contributed by atoms with Crippen molar-refractivity contribution < 1.29 is 23.4 Å². The van der Waals surface area contributed by atoms with Gasteiger partial charge < -0.3 is 23.4 Å². The Morgan fingerprint density at radius 1 is 0.714 bits per heavy atom. The maximum Gasteiger partial charge on any atom is 0.551 e. The van der Waals surface area contributed by atoms with Crippen LogP contribution in [-0.2, 0) is 18.6 Å². The van der Waals surface area contributed by atoms with Crippen molar-refractivity contribution in [2.75, 3.05) is 13.2 Å². The Morgan fingerprint density at radius 3 is 1.50 bits per heavy atom. The van der Waals surface area contributed by atoms with Crippen molar-refractivity contribution in [2.45, 2.75) is 77.8 Å². The molecule has 0 amide bonds. The molecule has 28 heavy (non-hydrogen) atoms. The summed E-state index contributed by atoms with van der Waals surface area (Å²) in [6.45, 7) is 17.3. The van der Waals surface area contributed by atoms with Crippen molar-refractivity contribution in [3.63, 3.8) is 0 Å². The van der Waals surface area contributed by atoms with E-state index in [4.69, 9.17) is 23.4 Å². The summed E-state index contributed by atoms with van der Waals surface area (Å²) in [5, 5.41) is 0. The fraction of sp³-hybridized carbons (Fsp3) is 0.700. The van der Waals surface area contributed by atoms with Gasteiger partial charge in [-0.2, -0.15) is 0 Å². The van der Waals surface area contributed by atoms with Gasteiger partial charge in [0.1, 0.15) is 5.75 Å². The third-order valence-corrected chi connectivity index (χ3v) is 6.38. The van der Waals surface area contributed by atoms with Gasteiger partial charge in [0.05, 0.1) is 29.0 Å². The summed E-state index contributed by atoms with van der Waals surface area (Å²) in [4.78, 5) is 0. The van der Waals surface area contributed by atoms with Crippen molar-refractivity contribution in [2.24, 2.45) is 0 Å². The Kier molecular flexibility index (Phi) is 5.67. The summed E-state index contributed by atoms with van der Waals surface area (Å²) in [5.41, 5.74) is -1.78. The molecule has 0 spiro atoms. The van der Waals surface area contributed by atoms with E-state index in [1.54, 1.807) is 0 Å². The van der Waals surface area contributed by atoms with E-state index in [1.807, 2.05) is 90.4 Å². The van der Waals surface area contributed by atoms with Gasteiger partial charge in [0.25, 0.3) is 0 Å². The van der Waals surface area contributed by atoms with Gasteiger partial charge in [-0.15, -0.1) is 0 Å². The minimum absolute atomic E-state index is 0.445. The Balaban J connectivity index is 1.75. The fourth-order valence-corrected chi connectivity index (χ4v) is 2.99. The van der Waals surface area contributed by atoms with Gasteiger partial charge >= 0.3 is 14.5 Å². The van der Waals surface area contributed by atoms with E-state index < -0.39 is 36.9 Å². The zero-order valence-corrected chi connectivity index (χ0v) is 18.4. The van der Waals surface area contributed by atoms with E-state index >= 15 is 0 Å². The summed E-state index contributed by atoms with van der Waals surface area (Å²) in [7, 11) is -1.17. The van der Waals surface area contributed by atoms with Gasteiger partial charge in [-0.3, -0.25) is 4.72 Å². The third kappa shape index (κ3) is 4.12. The van der Waals surface area contributed by atoms with Crippen LogP contribution in [0.2, 0.25) is 0 Å². The lowest BCUT2D eigenvalue weighted by Gasteiger charge is -2.32. The first-order valence-electron chi connectivity index (χ1n) is 10.00. The second kappa shape index (κ2) is 7.33. The summed E-state index contributed by atoms with van der Waals surface area (Å²) in [6.07, 6.45) is 0. The van der Waals surface area contributed by atoms with Crippen LogP contribution in [0.3, 0.4) is 0 Å². The lowest BCUT2D eigenvalue weighted by Crippen LogP contribution is -2.54. The number of hydrogen-bond acceptors (Lipinski definition) is 6. The first kappa shape index (κ1) is 21.7. The summed E-state index contributed by atoms with van der Waals surface area (Å²) >= 11 is 0. The number of rotatable bonds is 6. The molecule has 0 bridgehead atoms. The van der Waals surface area contributed by atoms with Gasteiger partial charge in [-0.25, -0.2) is 0 Å². The van der Waals surface area contributed by atoms with E-state index in [0.717, 1.165) is 5.75 Å². The minimum Gasteiger partial charge on any atom is -0.492 e. The predicted octanol–water partition coefficient (Wildman–Crippen LogP) is 3.55. The van der Waals surface area contributed by atoms with Crippen molar-refractivity contribution in [1.29, 1.82) is 0 Å². The second-order valence-electron chi connectivity index (χ2n) is 9.53. The van der Waals surface area contributed by atoms with Gasteiger partial charge in [0.15, 0.2) is 0 Å². The molecule has 0 saturated carbocycles. The highest BCUT2D eigenvalue weighted by Crippen LogP contribution is 2.41. The van der Waals surface area contributed by atoms with Crippen LogP contribution in [-0.4, -0.2) is 54.8 Å². The second-order valence-corrected chi connectivity index (χ2v) is 9.53.